The van der Waals surface area contributed by atoms with Crippen molar-refractivity contribution < 1.29 is 22.7 Å². The van der Waals surface area contributed by atoms with E-state index in [2.05, 4.69) is 17.3 Å². The molecule has 1 aliphatic carbocycles. The summed E-state index contributed by atoms with van der Waals surface area (Å²) in [6, 6.07) is 12.7. The summed E-state index contributed by atoms with van der Waals surface area (Å²) < 4.78 is 46.0. The molecule has 4 nitrogen and oxygen atoms in total. The quantitative estimate of drug-likeness (QED) is 0.646. The average Bonchev–Trinajstić information content (AvgIpc) is 3.60. The Kier molecular flexibility index (Phi) is 5.43. The van der Waals surface area contributed by atoms with Crippen molar-refractivity contribution in [1.82, 2.24) is 10.2 Å². The van der Waals surface area contributed by atoms with E-state index < -0.39 is 17.3 Å². The minimum absolute atomic E-state index is 0.0131. The Balaban J connectivity index is 1.59. The molecule has 3 atom stereocenters. The molecule has 7 heteroatoms. The van der Waals surface area contributed by atoms with Crippen LogP contribution in [0.4, 0.5) is 13.2 Å². The zero-order chi connectivity index (χ0) is 23.4. The van der Waals surface area contributed by atoms with Crippen molar-refractivity contribution in [3.05, 3.63) is 64.7 Å². The molecule has 2 saturated heterocycles. The van der Waals surface area contributed by atoms with Gasteiger partial charge in [-0.3, -0.25) is 9.69 Å². The lowest BCUT2D eigenvalue weighted by atomic mass is 9.76. The minimum Gasteiger partial charge on any atom is -0.496 e. The van der Waals surface area contributed by atoms with Crippen molar-refractivity contribution >= 4 is 5.91 Å². The fourth-order valence-corrected chi connectivity index (χ4v) is 5.99. The summed E-state index contributed by atoms with van der Waals surface area (Å²) in [6.45, 7) is 0. The van der Waals surface area contributed by atoms with Crippen LogP contribution in [0.2, 0.25) is 0 Å². The van der Waals surface area contributed by atoms with Gasteiger partial charge in [0.25, 0.3) is 5.91 Å². The van der Waals surface area contributed by atoms with Gasteiger partial charge in [-0.1, -0.05) is 30.3 Å². The van der Waals surface area contributed by atoms with Gasteiger partial charge >= 0.3 is 6.18 Å². The van der Waals surface area contributed by atoms with Crippen LogP contribution < -0.4 is 10.1 Å². The van der Waals surface area contributed by atoms with E-state index in [4.69, 9.17) is 4.74 Å². The number of nitrogens with zero attached hydrogens (tertiary/aromatic N) is 1. The first-order chi connectivity index (χ1) is 15.7. The van der Waals surface area contributed by atoms with Crippen LogP contribution in [-0.2, 0) is 11.7 Å². The first-order valence-electron chi connectivity index (χ1n) is 11.6. The van der Waals surface area contributed by atoms with Gasteiger partial charge in [-0.2, -0.15) is 13.2 Å². The lowest BCUT2D eigenvalue weighted by molar-refractivity contribution is -0.137. The second-order valence-corrected chi connectivity index (χ2v) is 9.66. The molecule has 1 amide bonds. The zero-order valence-corrected chi connectivity index (χ0v) is 18.9. The summed E-state index contributed by atoms with van der Waals surface area (Å²) in [4.78, 5) is 16.2. The van der Waals surface area contributed by atoms with Crippen LogP contribution in [0.25, 0.3) is 0 Å². The number of benzene rings is 2. The average molecular weight is 459 g/mol. The molecule has 2 aromatic rings. The lowest BCUT2D eigenvalue weighted by Crippen LogP contribution is -2.61. The van der Waals surface area contributed by atoms with Crippen molar-refractivity contribution in [2.75, 3.05) is 14.2 Å². The highest BCUT2D eigenvalue weighted by Crippen LogP contribution is 2.49. The third kappa shape index (κ3) is 3.80. The molecule has 2 aliphatic heterocycles. The Bertz CT molecular complexity index is 1050. The molecule has 2 bridgehead atoms. The number of nitrogens with one attached hydrogen (secondary N) is 1. The summed E-state index contributed by atoms with van der Waals surface area (Å²) in [7, 11) is 3.44. The molecule has 176 valence electrons. The van der Waals surface area contributed by atoms with Crippen LogP contribution in [0, 0.1) is 0 Å². The predicted octanol–water partition coefficient (Wildman–Crippen LogP) is 5.47. The van der Waals surface area contributed by atoms with Gasteiger partial charge in [0.1, 0.15) is 5.75 Å². The van der Waals surface area contributed by atoms with Crippen LogP contribution in [0.5, 0.6) is 5.75 Å². The van der Waals surface area contributed by atoms with Gasteiger partial charge < -0.3 is 10.1 Å². The van der Waals surface area contributed by atoms with Crippen molar-refractivity contribution in [2.45, 2.75) is 68.2 Å². The maximum Gasteiger partial charge on any atom is 0.416 e. The number of fused-ring (bicyclic) bond motifs is 2. The number of hydrogen-bond donors (Lipinski definition) is 1. The standard InChI is InChI=1S/C26H29F3N2O2/c1-31-19-10-11-22(31)25(13-12-19,17-6-4-3-5-7-17)30-24(32)23-20(16-8-9-16)14-18(26(27,28)29)15-21(23)33-2/h3-7,14-16,19,22H,8-13H2,1-2H3,(H,30,32)/t19-,22+,25+/m1/s1. The van der Waals surface area contributed by atoms with Crippen LogP contribution in [0.15, 0.2) is 42.5 Å². The van der Waals surface area contributed by atoms with Crippen LogP contribution in [0.1, 0.15) is 71.5 Å². The first kappa shape index (κ1) is 22.3. The maximum absolute atomic E-state index is 13.9. The van der Waals surface area contributed by atoms with Crippen molar-refractivity contribution in [2.24, 2.45) is 0 Å². The van der Waals surface area contributed by atoms with E-state index in [9.17, 15) is 18.0 Å². The molecule has 5 rings (SSSR count). The summed E-state index contributed by atoms with van der Waals surface area (Å²) in [6.07, 6.45) is 0.871. The molecular weight excluding hydrogens is 429 g/mol. The normalized spacial score (nSPS) is 27.4. The second-order valence-electron chi connectivity index (χ2n) is 9.66. The molecule has 0 unspecified atom stereocenters. The SMILES string of the molecule is COc1cc(C(F)(F)F)cc(C2CC2)c1C(=O)N[C@]1(c2ccccc2)CC[C@H]2CC[C@@H]1N2C. The Labute approximate surface area is 192 Å². The monoisotopic (exact) mass is 458 g/mol. The fraction of sp³-hybridized carbons (Fsp3) is 0.500. The smallest absolute Gasteiger partial charge is 0.416 e. The Morgan fingerprint density at radius 3 is 2.45 bits per heavy atom. The van der Waals surface area contributed by atoms with Crippen LogP contribution >= 0.6 is 0 Å². The van der Waals surface area contributed by atoms with E-state index in [0.717, 1.165) is 56.2 Å². The molecule has 2 heterocycles. The molecule has 1 N–H and O–H groups in total. The number of amides is 1. The largest absolute Gasteiger partial charge is 0.496 e. The third-order valence-corrected chi connectivity index (χ3v) is 7.83. The number of ether oxygens (including phenoxy) is 1. The highest BCUT2D eigenvalue weighted by atomic mass is 19.4. The molecule has 0 aromatic heterocycles. The predicted molar refractivity (Wildman–Crippen MR) is 119 cm³/mol. The maximum atomic E-state index is 13.9. The van der Waals surface area contributed by atoms with Crippen molar-refractivity contribution in [3.63, 3.8) is 0 Å². The van der Waals surface area contributed by atoms with Gasteiger partial charge in [-0.05, 0) is 74.8 Å². The van der Waals surface area contributed by atoms with Gasteiger partial charge in [0.2, 0.25) is 0 Å². The number of alkyl halides is 3. The second kappa shape index (κ2) is 8.05. The third-order valence-electron chi connectivity index (χ3n) is 7.83. The minimum atomic E-state index is -4.50. The van der Waals surface area contributed by atoms with Gasteiger partial charge in [0, 0.05) is 12.1 Å². The number of methoxy groups -OCH3 is 1. The summed E-state index contributed by atoms with van der Waals surface area (Å²) >= 11 is 0. The number of halogens is 3. The molecule has 1 saturated carbocycles. The topological polar surface area (TPSA) is 41.6 Å². The van der Waals surface area contributed by atoms with Gasteiger partial charge in [-0.15, -0.1) is 0 Å². The molecule has 3 aliphatic rings. The highest BCUT2D eigenvalue weighted by Gasteiger charge is 2.52. The van der Waals surface area contributed by atoms with Crippen molar-refractivity contribution in [1.29, 1.82) is 0 Å². The van der Waals surface area contributed by atoms with Crippen LogP contribution in [-0.4, -0.2) is 37.0 Å². The molecular formula is C26H29F3N2O2. The van der Waals surface area contributed by atoms with Gasteiger partial charge in [0.05, 0.1) is 23.8 Å². The molecule has 3 fully saturated rings. The summed E-state index contributed by atoms with van der Waals surface area (Å²) in [5.41, 5.74) is 0.345. The van der Waals surface area contributed by atoms with Crippen molar-refractivity contribution in [3.8, 4) is 5.75 Å². The van der Waals surface area contributed by atoms with E-state index >= 15 is 0 Å². The number of hydrogen-bond acceptors (Lipinski definition) is 3. The Hall–Kier alpha value is -2.54. The Morgan fingerprint density at radius 1 is 1.09 bits per heavy atom. The number of likely N-dealkylation sites (N-methyl/N-ethyl adjacent to an activating group) is 1. The number of carbonyl (C=O) groups is 1. The molecule has 2 aromatic carbocycles. The van der Waals surface area contributed by atoms with Crippen LogP contribution in [0.3, 0.4) is 0 Å². The Morgan fingerprint density at radius 2 is 1.82 bits per heavy atom. The van der Waals surface area contributed by atoms with Gasteiger partial charge in [0.15, 0.2) is 0 Å². The molecule has 33 heavy (non-hydrogen) atoms. The first-order valence-corrected chi connectivity index (χ1v) is 11.6. The number of piperidine rings is 1. The van der Waals surface area contributed by atoms with E-state index in [0.29, 0.717) is 11.6 Å². The number of rotatable bonds is 5. The van der Waals surface area contributed by atoms with E-state index in [-0.39, 0.29) is 29.2 Å². The highest BCUT2D eigenvalue weighted by molar-refractivity contribution is 5.99. The summed E-state index contributed by atoms with van der Waals surface area (Å²) in [5.74, 6) is -0.412. The molecule has 0 radical (unpaired) electrons. The van der Waals surface area contributed by atoms with E-state index in [1.165, 1.54) is 7.11 Å². The molecule has 0 spiro atoms. The lowest BCUT2D eigenvalue weighted by Gasteiger charge is -2.48. The zero-order valence-electron chi connectivity index (χ0n) is 18.9. The van der Waals surface area contributed by atoms with E-state index in [1.807, 2.05) is 30.3 Å². The van der Waals surface area contributed by atoms with Gasteiger partial charge in [-0.25, -0.2) is 0 Å². The fourth-order valence-electron chi connectivity index (χ4n) is 5.99. The summed E-state index contributed by atoms with van der Waals surface area (Å²) in [5, 5.41) is 3.34. The van der Waals surface area contributed by atoms with E-state index in [1.54, 1.807) is 0 Å². The number of carbonyl (C=O) groups excluding carboxylic acids is 1.